The fraction of sp³-hybridized carbons (Fsp3) is 0.524. The van der Waals surface area contributed by atoms with Gasteiger partial charge in [-0.15, -0.1) is 0 Å². The van der Waals surface area contributed by atoms with Crippen molar-refractivity contribution in [3.63, 3.8) is 0 Å². The summed E-state index contributed by atoms with van der Waals surface area (Å²) in [5, 5.41) is 7.12. The zero-order chi connectivity index (χ0) is 24.2. The highest BCUT2D eigenvalue weighted by Crippen LogP contribution is 2.30. The number of rotatable bonds is 3. The van der Waals surface area contributed by atoms with Crippen LogP contribution in [0.3, 0.4) is 0 Å². The smallest absolute Gasteiger partial charge is 0.475 e. The van der Waals surface area contributed by atoms with E-state index in [-0.39, 0.29) is 0 Å². The fourth-order valence-electron chi connectivity index (χ4n) is 3.56. The summed E-state index contributed by atoms with van der Waals surface area (Å²) < 4.78 is 37.2. The molecule has 2 aliphatic heterocycles. The maximum Gasteiger partial charge on any atom is 0.490 e. The van der Waals surface area contributed by atoms with Crippen LogP contribution in [0, 0.1) is 6.92 Å². The zero-order valence-corrected chi connectivity index (χ0v) is 18.8. The second-order valence-electron chi connectivity index (χ2n) is 7.88. The highest BCUT2D eigenvalue weighted by Gasteiger charge is 2.38. The number of anilines is 3. The SMILES string of the molecule is Cc1cccc(N2CCc3nc(N4CCOCC4)nc(N(C)C)c3C2)n1.O=C(O)C(F)(F)F. The third-order valence-corrected chi connectivity index (χ3v) is 5.18. The standard InChI is InChI=1S/C19H26N6O.C2HF3O2/c1-14-5-4-6-17(20-14)25-8-7-16-15(13-25)18(23(2)3)22-19(21-16)24-9-11-26-12-10-24;3-2(4,5)1(6)7/h4-6H,7-13H2,1-3H3;(H,6,7). The first-order valence-corrected chi connectivity index (χ1v) is 10.4. The molecular formula is C21H27F3N6O3. The Morgan fingerprint density at radius 3 is 2.33 bits per heavy atom. The summed E-state index contributed by atoms with van der Waals surface area (Å²) in [5.41, 5.74) is 3.41. The Morgan fingerprint density at radius 1 is 1.09 bits per heavy atom. The third-order valence-electron chi connectivity index (χ3n) is 5.18. The van der Waals surface area contributed by atoms with Crippen molar-refractivity contribution in [3.8, 4) is 0 Å². The Labute approximate surface area is 189 Å². The number of fused-ring (bicyclic) bond motifs is 1. The molecule has 33 heavy (non-hydrogen) atoms. The van der Waals surface area contributed by atoms with Crippen molar-refractivity contribution in [2.75, 3.05) is 61.6 Å². The van der Waals surface area contributed by atoms with Gasteiger partial charge < -0.3 is 24.5 Å². The molecular weight excluding hydrogens is 441 g/mol. The van der Waals surface area contributed by atoms with Gasteiger partial charge in [0.25, 0.3) is 0 Å². The van der Waals surface area contributed by atoms with Crippen LogP contribution in [0.2, 0.25) is 0 Å². The molecule has 0 radical (unpaired) electrons. The molecule has 0 amide bonds. The molecule has 4 heterocycles. The number of morpholine rings is 1. The lowest BCUT2D eigenvalue weighted by atomic mass is 10.1. The molecule has 0 saturated carbocycles. The number of hydrogen-bond acceptors (Lipinski definition) is 8. The number of nitrogens with zero attached hydrogens (tertiary/aromatic N) is 6. The maximum absolute atomic E-state index is 10.6. The van der Waals surface area contributed by atoms with E-state index < -0.39 is 12.1 Å². The maximum atomic E-state index is 10.6. The average Bonchev–Trinajstić information content (AvgIpc) is 2.78. The normalized spacial score (nSPS) is 15.9. The van der Waals surface area contributed by atoms with Crippen molar-refractivity contribution in [1.82, 2.24) is 15.0 Å². The largest absolute Gasteiger partial charge is 0.490 e. The van der Waals surface area contributed by atoms with Crippen LogP contribution in [0.25, 0.3) is 0 Å². The van der Waals surface area contributed by atoms with E-state index in [1.54, 1.807) is 0 Å². The van der Waals surface area contributed by atoms with Crippen molar-refractivity contribution in [2.24, 2.45) is 0 Å². The molecule has 12 heteroatoms. The Kier molecular flexibility index (Phi) is 7.57. The summed E-state index contributed by atoms with van der Waals surface area (Å²) in [6.07, 6.45) is -4.17. The number of aromatic nitrogens is 3. The first kappa shape index (κ1) is 24.5. The average molecular weight is 468 g/mol. The summed E-state index contributed by atoms with van der Waals surface area (Å²) in [6.45, 7) is 6.94. The van der Waals surface area contributed by atoms with Gasteiger partial charge in [0.15, 0.2) is 0 Å². The number of halogens is 3. The van der Waals surface area contributed by atoms with Crippen molar-refractivity contribution >= 4 is 23.6 Å². The van der Waals surface area contributed by atoms with Crippen LogP contribution in [0.15, 0.2) is 18.2 Å². The number of aryl methyl sites for hydroxylation is 1. The molecule has 2 aliphatic rings. The molecule has 9 nitrogen and oxygen atoms in total. The van der Waals surface area contributed by atoms with E-state index in [0.717, 1.165) is 74.8 Å². The lowest BCUT2D eigenvalue weighted by Crippen LogP contribution is -2.39. The van der Waals surface area contributed by atoms with Crippen LogP contribution >= 0.6 is 0 Å². The zero-order valence-electron chi connectivity index (χ0n) is 18.8. The molecule has 0 aromatic carbocycles. The summed E-state index contributed by atoms with van der Waals surface area (Å²) >= 11 is 0. The van der Waals surface area contributed by atoms with E-state index in [1.165, 1.54) is 5.56 Å². The summed E-state index contributed by atoms with van der Waals surface area (Å²) in [7, 11) is 4.10. The van der Waals surface area contributed by atoms with Crippen LogP contribution < -0.4 is 14.7 Å². The molecule has 2 aromatic heterocycles. The van der Waals surface area contributed by atoms with Gasteiger partial charge in [-0.25, -0.2) is 14.8 Å². The molecule has 0 unspecified atom stereocenters. The predicted octanol–water partition coefficient (Wildman–Crippen LogP) is 2.28. The van der Waals surface area contributed by atoms with Gasteiger partial charge in [-0.3, -0.25) is 0 Å². The van der Waals surface area contributed by atoms with Crippen LogP contribution in [0.1, 0.15) is 17.0 Å². The first-order valence-electron chi connectivity index (χ1n) is 10.4. The van der Waals surface area contributed by atoms with Crippen LogP contribution in [-0.2, 0) is 22.5 Å². The Bertz CT molecular complexity index is 980. The predicted molar refractivity (Wildman–Crippen MR) is 117 cm³/mol. The molecule has 1 fully saturated rings. The molecule has 0 aliphatic carbocycles. The molecule has 2 aromatic rings. The van der Waals surface area contributed by atoms with Crippen molar-refractivity contribution in [1.29, 1.82) is 0 Å². The topological polar surface area (TPSA) is 94.9 Å². The lowest BCUT2D eigenvalue weighted by molar-refractivity contribution is -0.192. The van der Waals surface area contributed by atoms with E-state index in [2.05, 4.69) is 45.9 Å². The van der Waals surface area contributed by atoms with E-state index >= 15 is 0 Å². The second kappa shape index (κ2) is 10.2. The summed E-state index contributed by atoms with van der Waals surface area (Å²) in [6, 6.07) is 6.18. The Hall–Kier alpha value is -3.15. The van der Waals surface area contributed by atoms with Crippen molar-refractivity contribution in [3.05, 3.63) is 35.2 Å². The number of carbonyl (C=O) groups is 1. The quantitative estimate of drug-likeness (QED) is 0.728. The van der Waals surface area contributed by atoms with Crippen molar-refractivity contribution < 1.29 is 27.8 Å². The summed E-state index contributed by atoms with van der Waals surface area (Å²) in [5.74, 6) is 0.108. The second-order valence-corrected chi connectivity index (χ2v) is 7.88. The number of ether oxygens (including phenoxy) is 1. The van der Waals surface area contributed by atoms with Gasteiger partial charge in [-0.2, -0.15) is 18.2 Å². The van der Waals surface area contributed by atoms with Gasteiger partial charge in [0, 0.05) is 58.0 Å². The van der Waals surface area contributed by atoms with Gasteiger partial charge in [0.05, 0.1) is 18.9 Å². The summed E-state index contributed by atoms with van der Waals surface area (Å²) in [4.78, 5) is 30.0. The van der Waals surface area contributed by atoms with Gasteiger partial charge >= 0.3 is 12.1 Å². The fourth-order valence-corrected chi connectivity index (χ4v) is 3.56. The molecule has 1 N–H and O–H groups in total. The van der Waals surface area contributed by atoms with Gasteiger partial charge in [0.1, 0.15) is 11.6 Å². The van der Waals surface area contributed by atoms with Gasteiger partial charge in [0.2, 0.25) is 5.95 Å². The van der Waals surface area contributed by atoms with Gasteiger partial charge in [-0.05, 0) is 19.1 Å². The Morgan fingerprint density at radius 2 is 1.76 bits per heavy atom. The number of hydrogen-bond donors (Lipinski definition) is 1. The monoisotopic (exact) mass is 468 g/mol. The minimum atomic E-state index is -5.08. The minimum Gasteiger partial charge on any atom is -0.475 e. The lowest BCUT2D eigenvalue weighted by Gasteiger charge is -2.33. The van der Waals surface area contributed by atoms with E-state index in [1.807, 2.05) is 13.0 Å². The van der Waals surface area contributed by atoms with E-state index in [4.69, 9.17) is 24.6 Å². The number of alkyl halides is 3. The number of aliphatic carboxylic acids is 1. The van der Waals surface area contributed by atoms with Crippen molar-refractivity contribution in [2.45, 2.75) is 26.1 Å². The molecule has 0 atom stereocenters. The molecule has 0 bridgehead atoms. The van der Waals surface area contributed by atoms with E-state index in [9.17, 15) is 13.2 Å². The number of pyridine rings is 1. The highest BCUT2D eigenvalue weighted by molar-refractivity contribution is 5.73. The Balaban J connectivity index is 0.000000383. The first-order chi connectivity index (χ1) is 15.6. The minimum absolute atomic E-state index is 0.741. The molecule has 180 valence electrons. The van der Waals surface area contributed by atoms with Crippen LogP contribution in [0.4, 0.5) is 30.8 Å². The van der Waals surface area contributed by atoms with E-state index in [0.29, 0.717) is 0 Å². The number of carboxylic acids is 1. The third kappa shape index (κ3) is 6.21. The molecule has 1 saturated heterocycles. The number of carboxylic acid groups (broad SMARTS) is 1. The van der Waals surface area contributed by atoms with Gasteiger partial charge in [-0.1, -0.05) is 6.07 Å². The molecule has 0 spiro atoms. The van der Waals surface area contributed by atoms with Crippen LogP contribution in [-0.4, -0.2) is 79.1 Å². The van der Waals surface area contributed by atoms with Crippen LogP contribution in [0.5, 0.6) is 0 Å². The highest BCUT2D eigenvalue weighted by atomic mass is 19.4. The molecule has 4 rings (SSSR count).